The molecule has 0 radical (unpaired) electrons. The van der Waals surface area contributed by atoms with Gasteiger partial charge in [-0.05, 0) is 0 Å². The molecule has 2 amide bonds. The standard InChI is InChI=1S/2C3H7NO.C2H6O.6C2H6/c2*1-3(5)4-2;1-3-2;6*1-2/h2*1-2H3,(H,4,5);1-2H3;6*1-2H3. The molecule has 0 rings (SSSR count). The van der Waals surface area contributed by atoms with Crippen LogP contribution in [0.15, 0.2) is 0 Å². The van der Waals surface area contributed by atoms with Gasteiger partial charge in [0.15, 0.2) is 0 Å². The SMILES string of the molecule is CC.CC.CC.CC.CC.CC.CNC(C)=O.CNC(C)=O.COC. The summed E-state index contributed by atoms with van der Waals surface area (Å²) in [6, 6.07) is 0. The quantitative estimate of drug-likeness (QED) is 0.554. The summed E-state index contributed by atoms with van der Waals surface area (Å²) in [4.78, 5) is 19.4. The number of hydrogen-bond acceptors (Lipinski definition) is 3. The number of hydrogen-bond donors (Lipinski definition) is 2. The summed E-state index contributed by atoms with van der Waals surface area (Å²) in [5, 5.41) is 4.78. The predicted octanol–water partition coefficient (Wildman–Crippen LogP) is 5.92. The second-order valence-corrected chi connectivity index (χ2v) is 2.02. The van der Waals surface area contributed by atoms with Crippen LogP contribution in [0.4, 0.5) is 0 Å². The van der Waals surface area contributed by atoms with Gasteiger partial charge in [-0.15, -0.1) is 0 Å². The summed E-state index contributed by atoms with van der Waals surface area (Å²) >= 11 is 0. The number of carbonyl (C=O) groups excluding carboxylic acids is 2. The Kier molecular flexibility index (Phi) is 397. The van der Waals surface area contributed by atoms with Crippen LogP contribution in [0.25, 0.3) is 0 Å². The van der Waals surface area contributed by atoms with Crippen LogP contribution < -0.4 is 10.6 Å². The van der Waals surface area contributed by atoms with Gasteiger partial charge in [0.1, 0.15) is 0 Å². The van der Waals surface area contributed by atoms with E-state index in [-0.39, 0.29) is 11.8 Å². The Hall–Kier alpha value is -1.10. The van der Waals surface area contributed by atoms with Gasteiger partial charge in [-0.2, -0.15) is 0 Å². The molecule has 0 saturated heterocycles. The molecule has 2 N–H and O–H groups in total. The van der Waals surface area contributed by atoms with Crippen molar-refractivity contribution in [3.8, 4) is 0 Å². The summed E-state index contributed by atoms with van der Waals surface area (Å²) in [6.45, 7) is 26.9. The highest BCUT2D eigenvalue weighted by Gasteiger charge is 1.73. The first-order valence-electron chi connectivity index (χ1n) is 9.72. The number of amides is 2. The predicted molar refractivity (Wildman–Crippen MR) is 121 cm³/mol. The first-order valence-corrected chi connectivity index (χ1v) is 9.72. The minimum Gasteiger partial charge on any atom is -0.388 e. The second-order valence-electron chi connectivity index (χ2n) is 2.02. The van der Waals surface area contributed by atoms with Crippen molar-refractivity contribution in [1.29, 1.82) is 0 Å². The van der Waals surface area contributed by atoms with E-state index in [0.717, 1.165) is 0 Å². The highest BCUT2D eigenvalue weighted by atomic mass is 16.4. The van der Waals surface area contributed by atoms with Crippen molar-refractivity contribution in [2.24, 2.45) is 0 Å². The van der Waals surface area contributed by atoms with Crippen LogP contribution in [0.1, 0.15) is 96.9 Å². The molecule has 0 aromatic carbocycles. The Labute approximate surface area is 162 Å². The van der Waals surface area contributed by atoms with Crippen LogP contribution in [0.3, 0.4) is 0 Å². The fraction of sp³-hybridized carbons (Fsp3) is 0.900. The van der Waals surface area contributed by atoms with Gasteiger partial charge in [-0.1, -0.05) is 83.1 Å². The van der Waals surface area contributed by atoms with Crippen molar-refractivity contribution in [2.75, 3.05) is 28.3 Å². The summed E-state index contributed by atoms with van der Waals surface area (Å²) in [5.74, 6) is 0.00926. The average molecular weight is 373 g/mol. The molecule has 0 fully saturated rings. The zero-order chi connectivity index (χ0) is 23.3. The van der Waals surface area contributed by atoms with Gasteiger partial charge in [0.25, 0.3) is 0 Å². The monoisotopic (exact) mass is 372 g/mol. The van der Waals surface area contributed by atoms with Gasteiger partial charge in [0.2, 0.25) is 11.8 Å². The van der Waals surface area contributed by atoms with Gasteiger partial charge in [0.05, 0.1) is 0 Å². The molecule has 25 heavy (non-hydrogen) atoms. The van der Waals surface area contributed by atoms with E-state index < -0.39 is 0 Å². The molecule has 0 spiro atoms. The molecule has 5 heteroatoms. The number of methoxy groups -OCH3 is 1. The Balaban J connectivity index is -0.0000000172. The Bertz CT molecular complexity index is 118. The Morgan fingerprint density at radius 2 is 0.560 bits per heavy atom. The van der Waals surface area contributed by atoms with Gasteiger partial charge in [-0.3, -0.25) is 9.59 Å². The van der Waals surface area contributed by atoms with Crippen molar-refractivity contribution in [3.05, 3.63) is 0 Å². The number of rotatable bonds is 0. The topological polar surface area (TPSA) is 67.4 Å². The molecule has 0 heterocycles. The highest BCUT2D eigenvalue weighted by Crippen LogP contribution is 1.45. The lowest BCUT2D eigenvalue weighted by molar-refractivity contribution is -0.119. The number of nitrogens with one attached hydrogen (secondary N) is 2. The Morgan fingerprint density at radius 3 is 0.560 bits per heavy atom. The summed E-state index contributed by atoms with van der Waals surface area (Å²) in [6.07, 6.45) is 0. The molecule has 0 aliphatic carbocycles. The van der Waals surface area contributed by atoms with Crippen LogP contribution in [0.5, 0.6) is 0 Å². The minimum absolute atomic E-state index is 0.00463. The van der Waals surface area contributed by atoms with Crippen LogP contribution in [0, 0.1) is 0 Å². The van der Waals surface area contributed by atoms with Gasteiger partial charge in [-0.25, -0.2) is 0 Å². The molecule has 5 nitrogen and oxygen atoms in total. The van der Waals surface area contributed by atoms with Gasteiger partial charge in [0, 0.05) is 42.2 Å². The molecule has 0 saturated carbocycles. The minimum atomic E-state index is 0.00463. The summed E-state index contributed by atoms with van der Waals surface area (Å²) in [5.41, 5.74) is 0. The molecular weight excluding hydrogens is 316 g/mol. The van der Waals surface area contributed by atoms with E-state index in [9.17, 15) is 9.59 Å². The van der Waals surface area contributed by atoms with E-state index in [2.05, 4.69) is 15.4 Å². The fourth-order valence-corrected chi connectivity index (χ4v) is 0. The highest BCUT2D eigenvalue weighted by molar-refractivity contribution is 5.72. The molecule has 164 valence electrons. The molecule has 0 unspecified atom stereocenters. The molecule has 0 aromatic heterocycles. The van der Waals surface area contributed by atoms with Crippen molar-refractivity contribution < 1.29 is 14.3 Å². The van der Waals surface area contributed by atoms with Crippen molar-refractivity contribution in [3.63, 3.8) is 0 Å². The lowest BCUT2D eigenvalue weighted by Crippen LogP contribution is -2.11. The van der Waals surface area contributed by atoms with Crippen LogP contribution in [-0.2, 0) is 14.3 Å². The fourth-order valence-electron chi connectivity index (χ4n) is 0. The molecule has 0 atom stereocenters. The lowest BCUT2D eigenvalue weighted by atomic mass is 10.7. The van der Waals surface area contributed by atoms with Crippen molar-refractivity contribution in [1.82, 2.24) is 10.6 Å². The summed E-state index contributed by atoms with van der Waals surface area (Å²) in [7, 11) is 6.45. The van der Waals surface area contributed by atoms with E-state index in [0.29, 0.717) is 0 Å². The van der Waals surface area contributed by atoms with E-state index in [1.54, 1.807) is 28.3 Å². The van der Waals surface area contributed by atoms with Gasteiger partial charge >= 0.3 is 0 Å². The van der Waals surface area contributed by atoms with E-state index in [1.165, 1.54) is 13.8 Å². The maximum absolute atomic E-state index is 9.70. The Morgan fingerprint density at radius 1 is 0.520 bits per heavy atom. The third-order valence-electron chi connectivity index (χ3n) is 0.704. The van der Waals surface area contributed by atoms with E-state index in [4.69, 9.17) is 0 Å². The zero-order valence-electron chi connectivity index (χ0n) is 21.2. The van der Waals surface area contributed by atoms with Gasteiger partial charge < -0.3 is 15.4 Å². The normalized spacial score (nSPS) is 4.88. The van der Waals surface area contributed by atoms with E-state index in [1.807, 2.05) is 83.1 Å². The second kappa shape index (κ2) is 176. The lowest BCUT2D eigenvalue weighted by Gasteiger charge is -1.80. The van der Waals surface area contributed by atoms with Crippen LogP contribution >= 0.6 is 0 Å². The summed E-state index contributed by atoms with van der Waals surface area (Å²) < 4.78 is 4.25. The molecule has 0 bridgehead atoms. The molecule has 0 aromatic rings. The van der Waals surface area contributed by atoms with Crippen molar-refractivity contribution in [2.45, 2.75) is 96.9 Å². The van der Waals surface area contributed by atoms with Crippen LogP contribution in [0.2, 0.25) is 0 Å². The average Bonchev–Trinajstić information content (AvgIpc) is 2.72. The maximum Gasteiger partial charge on any atom is 0.216 e. The number of ether oxygens (including phenoxy) is 1. The van der Waals surface area contributed by atoms with Crippen molar-refractivity contribution >= 4 is 11.8 Å². The smallest absolute Gasteiger partial charge is 0.216 e. The van der Waals surface area contributed by atoms with E-state index >= 15 is 0 Å². The van der Waals surface area contributed by atoms with Crippen LogP contribution in [-0.4, -0.2) is 40.1 Å². The molecular formula is C20H56N2O3. The maximum atomic E-state index is 9.70. The third kappa shape index (κ3) is 1190. The first kappa shape index (κ1) is 56.5. The largest absolute Gasteiger partial charge is 0.388 e. The first-order chi connectivity index (χ1) is 12.0. The molecule has 0 aliphatic heterocycles. The molecule has 0 aliphatic rings. The zero-order valence-corrected chi connectivity index (χ0v) is 21.2. The number of carbonyl (C=O) groups is 2. The third-order valence-corrected chi connectivity index (χ3v) is 0.704.